The Balaban J connectivity index is 1.86. The van der Waals surface area contributed by atoms with Gasteiger partial charge in [-0.15, -0.1) is 0 Å². The fraction of sp³-hybridized carbons (Fsp3) is 0.105. The summed E-state index contributed by atoms with van der Waals surface area (Å²) in [6.07, 6.45) is 0. The largest absolute Gasteiger partial charge is 0.329 e. The molecule has 0 aliphatic carbocycles. The molecule has 1 heterocycles. The Morgan fingerprint density at radius 2 is 1.40 bits per heavy atom. The molecule has 0 aliphatic rings. The van der Waals surface area contributed by atoms with Crippen molar-refractivity contribution in [2.45, 2.75) is 13.1 Å². The van der Waals surface area contributed by atoms with Crippen LogP contribution in [0.4, 0.5) is 5.00 Å². The minimum atomic E-state index is -0.472. The van der Waals surface area contributed by atoms with Gasteiger partial charge < -0.3 is 4.90 Å². The molecule has 0 aliphatic heterocycles. The van der Waals surface area contributed by atoms with Gasteiger partial charge in [0, 0.05) is 19.2 Å². The number of nitro groups is 1. The molecule has 5 nitrogen and oxygen atoms in total. The van der Waals surface area contributed by atoms with Crippen LogP contribution in [0, 0.1) is 10.1 Å². The minimum Gasteiger partial charge on any atom is -0.329 e. The van der Waals surface area contributed by atoms with Gasteiger partial charge in [-0.2, -0.15) is 0 Å². The molecule has 0 radical (unpaired) electrons. The number of hydrogen-bond donors (Lipinski definition) is 0. The minimum absolute atomic E-state index is 0.0253. The maximum atomic E-state index is 12.9. The summed E-state index contributed by atoms with van der Waals surface area (Å²) in [5.74, 6) is -0.203. The van der Waals surface area contributed by atoms with Gasteiger partial charge in [0.25, 0.3) is 5.91 Å². The molecule has 1 aromatic heterocycles. The van der Waals surface area contributed by atoms with Gasteiger partial charge in [-0.25, -0.2) is 0 Å². The van der Waals surface area contributed by atoms with Crippen molar-refractivity contribution in [1.29, 1.82) is 0 Å². The molecule has 126 valence electrons. The highest BCUT2D eigenvalue weighted by atomic mass is 32.1. The molecule has 0 saturated carbocycles. The van der Waals surface area contributed by atoms with Crippen molar-refractivity contribution in [1.82, 2.24) is 4.90 Å². The average molecular weight is 352 g/mol. The van der Waals surface area contributed by atoms with Gasteiger partial charge in [0.2, 0.25) is 0 Å². The summed E-state index contributed by atoms with van der Waals surface area (Å²) < 4.78 is 0. The summed E-state index contributed by atoms with van der Waals surface area (Å²) >= 11 is 0.908. The van der Waals surface area contributed by atoms with Crippen molar-refractivity contribution in [3.05, 3.63) is 98.9 Å². The van der Waals surface area contributed by atoms with Crippen LogP contribution in [0.25, 0.3) is 0 Å². The van der Waals surface area contributed by atoms with Gasteiger partial charge in [0.05, 0.1) is 9.80 Å². The molecule has 0 atom stereocenters. The zero-order chi connectivity index (χ0) is 17.6. The van der Waals surface area contributed by atoms with Crippen molar-refractivity contribution >= 4 is 22.2 Å². The number of thiophene rings is 1. The van der Waals surface area contributed by atoms with E-state index in [0.717, 1.165) is 22.5 Å². The van der Waals surface area contributed by atoms with E-state index in [0.29, 0.717) is 18.0 Å². The maximum absolute atomic E-state index is 12.9. The maximum Gasteiger partial charge on any atom is 0.324 e. The van der Waals surface area contributed by atoms with Crippen LogP contribution in [0.1, 0.15) is 20.8 Å². The molecular weight excluding hydrogens is 336 g/mol. The molecule has 0 N–H and O–H groups in total. The molecule has 3 rings (SSSR count). The Kier molecular flexibility index (Phi) is 5.20. The lowest BCUT2D eigenvalue weighted by Crippen LogP contribution is -2.29. The first-order chi connectivity index (χ1) is 12.1. The molecule has 0 saturated heterocycles. The van der Waals surface area contributed by atoms with E-state index in [1.165, 1.54) is 12.1 Å². The summed E-state index contributed by atoms with van der Waals surface area (Å²) in [6, 6.07) is 22.3. The number of nitrogens with zero attached hydrogens (tertiary/aromatic N) is 2. The third-order valence-electron chi connectivity index (χ3n) is 3.70. The SMILES string of the molecule is O=C(c1ccc([N+](=O)[O-])s1)N(Cc1ccccc1)Cc1ccccc1. The van der Waals surface area contributed by atoms with Crippen LogP contribution in [0.2, 0.25) is 0 Å². The van der Waals surface area contributed by atoms with Gasteiger partial charge in [-0.1, -0.05) is 72.0 Å². The van der Waals surface area contributed by atoms with Crippen LogP contribution < -0.4 is 0 Å². The highest BCUT2D eigenvalue weighted by molar-refractivity contribution is 7.17. The molecule has 0 bridgehead atoms. The second-order valence-electron chi connectivity index (χ2n) is 5.53. The number of hydrogen-bond acceptors (Lipinski definition) is 4. The smallest absolute Gasteiger partial charge is 0.324 e. The van der Waals surface area contributed by atoms with Gasteiger partial charge >= 0.3 is 5.00 Å². The van der Waals surface area contributed by atoms with Crippen molar-refractivity contribution < 1.29 is 9.72 Å². The van der Waals surface area contributed by atoms with Crippen LogP contribution >= 0.6 is 11.3 Å². The van der Waals surface area contributed by atoms with Crippen LogP contribution in [-0.2, 0) is 13.1 Å². The third-order valence-corrected chi connectivity index (χ3v) is 4.73. The third kappa shape index (κ3) is 4.30. The highest BCUT2D eigenvalue weighted by Crippen LogP contribution is 2.26. The summed E-state index contributed by atoms with van der Waals surface area (Å²) in [4.78, 5) is 25.4. The zero-order valence-corrected chi connectivity index (χ0v) is 14.2. The Labute approximate surface area is 149 Å². The van der Waals surface area contributed by atoms with E-state index in [4.69, 9.17) is 0 Å². The number of amides is 1. The molecule has 3 aromatic rings. The number of carbonyl (C=O) groups excluding carboxylic acids is 1. The van der Waals surface area contributed by atoms with E-state index in [1.807, 2.05) is 60.7 Å². The van der Waals surface area contributed by atoms with Gasteiger partial charge in [-0.05, 0) is 17.2 Å². The molecule has 2 aromatic carbocycles. The lowest BCUT2D eigenvalue weighted by molar-refractivity contribution is -0.380. The predicted molar refractivity (Wildman–Crippen MR) is 97.4 cm³/mol. The van der Waals surface area contributed by atoms with E-state index >= 15 is 0 Å². The summed E-state index contributed by atoms with van der Waals surface area (Å²) in [7, 11) is 0. The second kappa shape index (κ2) is 7.72. The molecular formula is C19H16N2O3S. The standard InChI is InChI=1S/C19H16N2O3S/c22-19(17-11-12-18(25-17)21(23)24)20(13-15-7-3-1-4-8-15)14-16-9-5-2-6-10-16/h1-12H,13-14H2. The highest BCUT2D eigenvalue weighted by Gasteiger charge is 2.21. The van der Waals surface area contributed by atoms with Gasteiger partial charge in [-0.3, -0.25) is 14.9 Å². The Hall–Kier alpha value is -2.99. The van der Waals surface area contributed by atoms with E-state index in [9.17, 15) is 14.9 Å². The monoisotopic (exact) mass is 352 g/mol. The van der Waals surface area contributed by atoms with Crippen molar-refractivity contribution in [2.24, 2.45) is 0 Å². The average Bonchev–Trinajstić information content (AvgIpc) is 3.13. The van der Waals surface area contributed by atoms with Gasteiger partial charge in [0.1, 0.15) is 0 Å². The van der Waals surface area contributed by atoms with Crippen LogP contribution in [0.15, 0.2) is 72.8 Å². The first kappa shape index (κ1) is 16.9. The molecule has 6 heteroatoms. The van der Waals surface area contributed by atoms with Crippen molar-refractivity contribution in [3.63, 3.8) is 0 Å². The van der Waals surface area contributed by atoms with Crippen LogP contribution in [0.5, 0.6) is 0 Å². The fourth-order valence-electron chi connectivity index (χ4n) is 2.50. The first-order valence-electron chi connectivity index (χ1n) is 7.75. The zero-order valence-electron chi connectivity index (χ0n) is 13.4. The summed E-state index contributed by atoms with van der Waals surface area (Å²) in [5.41, 5.74) is 2.02. The Bertz CT molecular complexity index is 821. The first-order valence-corrected chi connectivity index (χ1v) is 8.56. The summed E-state index contributed by atoms with van der Waals surface area (Å²) in [6.45, 7) is 0.889. The van der Waals surface area contributed by atoms with E-state index < -0.39 is 4.92 Å². The molecule has 0 fully saturated rings. The molecule has 25 heavy (non-hydrogen) atoms. The van der Waals surface area contributed by atoms with E-state index in [2.05, 4.69) is 0 Å². The number of benzene rings is 2. The van der Waals surface area contributed by atoms with E-state index in [-0.39, 0.29) is 10.9 Å². The number of rotatable bonds is 6. The lowest BCUT2D eigenvalue weighted by atomic mass is 10.1. The fourth-order valence-corrected chi connectivity index (χ4v) is 3.29. The quantitative estimate of drug-likeness (QED) is 0.485. The summed E-state index contributed by atoms with van der Waals surface area (Å²) in [5, 5.41) is 10.9. The van der Waals surface area contributed by atoms with Crippen molar-refractivity contribution in [2.75, 3.05) is 0 Å². The lowest BCUT2D eigenvalue weighted by Gasteiger charge is -2.22. The number of carbonyl (C=O) groups is 1. The molecule has 0 spiro atoms. The van der Waals surface area contributed by atoms with E-state index in [1.54, 1.807) is 4.90 Å². The Morgan fingerprint density at radius 3 is 1.84 bits per heavy atom. The predicted octanol–water partition coefficient (Wildman–Crippen LogP) is 4.50. The second-order valence-corrected chi connectivity index (χ2v) is 6.59. The Morgan fingerprint density at radius 1 is 0.880 bits per heavy atom. The topological polar surface area (TPSA) is 63.4 Å². The van der Waals surface area contributed by atoms with Crippen LogP contribution in [-0.4, -0.2) is 15.7 Å². The molecule has 0 unspecified atom stereocenters. The van der Waals surface area contributed by atoms with Gasteiger partial charge in [0.15, 0.2) is 0 Å². The molecule has 1 amide bonds. The van der Waals surface area contributed by atoms with Crippen molar-refractivity contribution in [3.8, 4) is 0 Å². The normalized spacial score (nSPS) is 10.4. The van der Waals surface area contributed by atoms with Crippen LogP contribution in [0.3, 0.4) is 0 Å².